The minimum atomic E-state index is 0.697. The summed E-state index contributed by atoms with van der Waals surface area (Å²) in [5.74, 6) is 0.697. The average molecular weight is 141 g/mol. The summed E-state index contributed by atoms with van der Waals surface area (Å²) < 4.78 is 4.95. The number of hydrogen-bond acceptors (Lipinski definition) is 2. The molecule has 0 amide bonds. The lowest BCUT2D eigenvalue weighted by Gasteiger charge is -1.94. The number of rotatable bonds is 1. The van der Waals surface area contributed by atoms with Crippen LogP contribution in [0.4, 0.5) is 5.88 Å². The van der Waals surface area contributed by atoms with Crippen LogP contribution < -0.4 is 5.32 Å². The third-order valence-corrected chi connectivity index (χ3v) is 0.922. The molecular formula is C6H7NOS. The third-order valence-electron chi connectivity index (χ3n) is 0.820. The first-order valence-electron chi connectivity index (χ1n) is 2.60. The fourth-order valence-electron chi connectivity index (χ4n) is 0.523. The van der Waals surface area contributed by atoms with Crippen molar-refractivity contribution in [2.24, 2.45) is 0 Å². The van der Waals surface area contributed by atoms with Crippen molar-refractivity contribution >= 4 is 23.1 Å². The fraction of sp³-hybridized carbons (Fsp3) is 0.167. The number of furan rings is 1. The van der Waals surface area contributed by atoms with Gasteiger partial charge in [-0.05, 0) is 13.0 Å². The Morgan fingerprint density at radius 1 is 1.78 bits per heavy atom. The SMILES string of the molecule is CC(=S)Nc1ccco1. The van der Waals surface area contributed by atoms with Gasteiger partial charge in [0.2, 0.25) is 0 Å². The van der Waals surface area contributed by atoms with E-state index in [0.717, 1.165) is 0 Å². The van der Waals surface area contributed by atoms with Crippen LogP contribution >= 0.6 is 12.2 Å². The van der Waals surface area contributed by atoms with Gasteiger partial charge >= 0.3 is 0 Å². The molecule has 1 heterocycles. The molecule has 0 aliphatic carbocycles. The standard InChI is InChI=1S/C6H7NOS/c1-5(9)7-6-3-2-4-8-6/h2-4H,1H3,(H,7,9). The van der Waals surface area contributed by atoms with Crippen LogP contribution in [-0.2, 0) is 0 Å². The van der Waals surface area contributed by atoms with E-state index >= 15 is 0 Å². The first kappa shape index (κ1) is 6.29. The van der Waals surface area contributed by atoms with Gasteiger partial charge in [-0.25, -0.2) is 0 Å². The van der Waals surface area contributed by atoms with Crippen molar-refractivity contribution in [2.75, 3.05) is 5.32 Å². The summed E-state index contributed by atoms with van der Waals surface area (Å²) in [4.78, 5) is 0.713. The van der Waals surface area contributed by atoms with Gasteiger partial charge in [0.05, 0.1) is 11.3 Å². The molecule has 0 saturated carbocycles. The molecule has 0 radical (unpaired) electrons. The van der Waals surface area contributed by atoms with E-state index in [0.29, 0.717) is 10.9 Å². The Balaban J connectivity index is 2.58. The zero-order valence-corrected chi connectivity index (χ0v) is 5.87. The quantitative estimate of drug-likeness (QED) is 0.606. The number of nitrogens with one attached hydrogen (secondary N) is 1. The molecular weight excluding hydrogens is 134 g/mol. The topological polar surface area (TPSA) is 25.2 Å². The molecule has 0 saturated heterocycles. The van der Waals surface area contributed by atoms with E-state index < -0.39 is 0 Å². The Morgan fingerprint density at radius 2 is 2.56 bits per heavy atom. The molecule has 48 valence electrons. The minimum Gasteiger partial charge on any atom is -0.449 e. The number of anilines is 1. The van der Waals surface area contributed by atoms with Crippen LogP contribution in [0, 0.1) is 0 Å². The van der Waals surface area contributed by atoms with Crippen molar-refractivity contribution in [2.45, 2.75) is 6.92 Å². The molecule has 0 aliphatic heterocycles. The second-order valence-electron chi connectivity index (χ2n) is 1.66. The molecule has 0 aliphatic rings. The Bertz CT molecular complexity index is 193. The highest BCUT2D eigenvalue weighted by atomic mass is 32.1. The third kappa shape index (κ3) is 1.85. The fourth-order valence-corrected chi connectivity index (χ4v) is 0.624. The normalized spacial score (nSPS) is 9.00. The molecule has 0 unspecified atom stereocenters. The van der Waals surface area contributed by atoms with Gasteiger partial charge < -0.3 is 9.73 Å². The van der Waals surface area contributed by atoms with Crippen LogP contribution in [0.25, 0.3) is 0 Å². The molecule has 0 aromatic carbocycles. The molecule has 0 fully saturated rings. The van der Waals surface area contributed by atoms with Gasteiger partial charge in [0.25, 0.3) is 0 Å². The monoisotopic (exact) mass is 141 g/mol. The summed E-state index contributed by atoms with van der Waals surface area (Å²) in [6, 6.07) is 3.62. The second-order valence-corrected chi connectivity index (χ2v) is 2.27. The molecule has 0 spiro atoms. The van der Waals surface area contributed by atoms with Crippen LogP contribution in [-0.4, -0.2) is 4.99 Å². The minimum absolute atomic E-state index is 0.697. The Morgan fingerprint density at radius 3 is 3.00 bits per heavy atom. The maximum atomic E-state index is 4.95. The van der Waals surface area contributed by atoms with Crippen molar-refractivity contribution in [1.29, 1.82) is 0 Å². The first-order valence-corrected chi connectivity index (χ1v) is 3.01. The average Bonchev–Trinajstić information content (AvgIpc) is 2.15. The Hall–Kier alpha value is -0.830. The highest BCUT2D eigenvalue weighted by molar-refractivity contribution is 7.80. The number of thiocarbonyl (C=S) groups is 1. The number of hydrogen-bond donors (Lipinski definition) is 1. The first-order chi connectivity index (χ1) is 4.29. The molecule has 0 atom stereocenters. The van der Waals surface area contributed by atoms with Crippen molar-refractivity contribution in [3.8, 4) is 0 Å². The smallest absolute Gasteiger partial charge is 0.197 e. The summed E-state index contributed by atoms with van der Waals surface area (Å²) in [7, 11) is 0. The molecule has 1 aromatic heterocycles. The summed E-state index contributed by atoms with van der Waals surface area (Å²) >= 11 is 4.77. The van der Waals surface area contributed by atoms with Gasteiger partial charge in [0.1, 0.15) is 0 Å². The maximum Gasteiger partial charge on any atom is 0.197 e. The Labute approximate surface area is 58.9 Å². The van der Waals surface area contributed by atoms with E-state index in [2.05, 4.69) is 5.32 Å². The highest BCUT2D eigenvalue weighted by Crippen LogP contribution is 2.05. The Kier molecular flexibility index (Phi) is 1.85. The van der Waals surface area contributed by atoms with Gasteiger partial charge in [0.15, 0.2) is 5.88 Å². The molecule has 1 aromatic rings. The van der Waals surface area contributed by atoms with E-state index in [-0.39, 0.29) is 0 Å². The predicted molar refractivity (Wildman–Crippen MR) is 40.6 cm³/mol. The van der Waals surface area contributed by atoms with Crippen molar-refractivity contribution in [3.05, 3.63) is 18.4 Å². The lowest BCUT2D eigenvalue weighted by Crippen LogP contribution is -2.01. The van der Waals surface area contributed by atoms with Gasteiger partial charge in [0, 0.05) is 6.07 Å². The van der Waals surface area contributed by atoms with Crippen molar-refractivity contribution < 1.29 is 4.42 Å². The van der Waals surface area contributed by atoms with Crippen LogP contribution in [0.15, 0.2) is 22.8 Å². The van der Waals surface area contributed by atoms with E-state index in [1.165, 1.54) is 0 Å². The van der Waals surface area contributed by atoms with Crippen LogP contribution in [0.5, 0.6) is 0 Å². The summed E-state index contributed by atoms with van der Waals surface area (Å²) in [5.41, 5.74) is 0. The molecule has 0 bridgehead atoms. The summed E-state index contributed by atoms with van der Waals surface area (Å²) in [5, 5.41) is 2.85. The molecule has 2 nitrogen and oxygen atoms in total. The van der Waals surface area contributed by atoms with E-state index in [1.54, 1.807) is 19.3 Å². The maximum absolute atomic E-state index is 4.95. The van der Waals surface area contributed by atoms with Gasteiger partial charge in [-0.2, -0.15) is 0 Å². The zero-order valence-electron chi connectivity index (χ0n) is 5.05. The van der Waals surface area contributed by atoms with E-state index in [4.69, 9.17) is 16.6 Å². The molecule has 1 N–H and O–H groups in total. The predicted octanol–water partition coefficient (Wildman–Crippen LogP) is 2.04. The summed E-state index contributed by atoms with van der Waals surface area (Å²) in [6.45, 7) is 1.80. The van der Waals surface area contributed by atoms with Gasteiger partial charge in [-0.3, -0.25) is 0 Å². The van der Waals surface area contributed by atoms with E-state index in [9.17, 15) is 0 Å². The van der Waals surface area contributed by atoms with Crippen LogP contribution in [0.1, 0.15) is 6.92 Å². The van der Waals surface area contributed by atoms with E-state index in [1.807, 2.05) is 6.07 Å². The summed E-state index contributed by atoms with van der Waals surface area (Å²) in [6.07, 6.45) is 1.60. The van der Waals surface area contributed by atoms with Gasteiger partial charge in [-0.15, -0.1) is 0 Å². The van der Waals surface area contributed by atoms with Gasteiger partial charge in [-0.1, -0.05) is 12.2 Å². The van der Waals surface area contributed by atoms with Crippen LogP contribution in [0.3, 0.4) is 0 Å². The largest absolute Gasteiger partial charge is 0.449 e. The highest BCUT2D eigenvalue weighted by Gasteiger charge is 1.90. The van der Waals surface area contributed by atoms with Crippen molar-refractivity contribution in [1.82, 2.24) is 0 Å². The molecule has 3 heteroatoms. The lowest BCUT2D eigenvalue weighted by molar-refractivity contribution is 0.586. The van der Waals surface area contributed by atoms with Crippen molar-refractivity contribution in [3.63, 3.8) is 0 Å². The zero-order chi connectivity index (χ0) is 6.69. The lowest BCUT2D eigenvalue weighted by atomic mass is 10.6. The van der Waals surface area contributed by atoms with Crippen LogP contribution in [0.2, 0.25) is 0 Å². The molecule has 9 heavy (non-hydrogen) atoms. The molecule has 1 rings (SSSR count). The second kappa shape index (κ2) is 2.64.